The van der Waals surface area contributed by atoms with E-state index in [9.17, 15) is 14.0 Å². The zero-order valence-corrected chi connectivity index (χ0v) is 14.0. The molecule has 0 fully saturated rings. The van der Waals surface area contributed by atoms with Crippen molar-refractivity contribution in [3.05, 3.63) is 70.5 Å². The van der Waals surface area contributed by atoms with Gasteiger partial charge < -0.3 is 10.2 Å². The molecular weight excluding hydrogens is 331 g/mol. The molecule has 0 spiro atoms. The van der Waals surface area contributed by atoms with Gasteiger partial charge >= 0.3 is 0 Å². The molecule has 6 heteroatoms. The molecule has 0 heterocycles. The number of amides is 2. The fraction of sp³-hybridized carbons (Fsp3) is 0.222. The van der Waals surface area contributed by atoms with E-state index >= 15 is 0 Å². The van der Waals surface area contributed by atoms with Crippen LogP contribution in [0.5, 0.6) is 0 Å². The molecule has 2 rings (SSSR count). The first-order valence-corrected chi connectivity index (χ1v) is 7.83. The quantitative estimate of drug-likeness (QED) is 0.871. The Morgan fingerprint density at radius 1 is 1.12 bits per heavy atom. The second-order valence-electron chi connectivity index (χ2n) is 5.37. The van der Waals surface area contributed by atoms with Gasteiger partial charge in [0.15, 0.2) is 0 Å². The van der Waals surface area contributed by atoms with Crippen LogP contribution in [0.15, 0.2) is 48.5 Å². The lowest BCUT2D eigenvalue weighted by molar-refractivity contribution is -0.135. The lowest BCUT2D eigenvalue weighted by Gasteiger charge is -2.20. The molecule has 0 radical (unpaired) electrons. The zero-order chi connectivity index (χ0) is 17.5. The molecule has 0 bridgehead atoms. The van der Waals surface area contributed by atoms with Crippen LogP contribution in [-0.2, 0) is 22.7 Å². The van der Waals surface area contributed by atoms with E-state index in [4.69, 9.17) is 11.6 Å². The Hall–Kier alpha value is -2.40. The van der Waals surface area contributed by atoms with Crippen LogP contribution in [0.4, 0.5) is 4.39 Å². The molecule has 2 aromatic carbocycles. The van der Waals surface area contributed by atoms with E-state index in [1.807, 2.05) is 18.2 Å². The summed E-state index contributed by atoms with van der Waals surface area (Å²) < 4.78 is 12.9. The average Bonchev–Trinajstić information content (AvgIpc) is 2.55. The number of benzene rings is 2. The topological polar surface area (TPSA) is 49.4 Å². The number of carbonyl (C=O) groups is 2. The predicted molar refractivity (Wildman–Crippen MR) is 90.8 cm³/mol. The van der Waals surface area contributed by atoms with Crippen molar-refractivity contribution in [1.82, 2.24) is 10.2 Å². The van der Waals surface area contributed by atoms with Crippen LogP contribution >= 0.6 is 11.6 Å². The molecule has 0 aliphatic heterocycles. The van der Waals surface area contributed by atoms with Gasteiger partial charge in [0.25, 0.3) is 0 Å². The highest BCUT2D eigenvalue weighted by Crippen LogP contribution is 2.14. The van der Waals surface area contributed by atoms with Crippen LogP contribution in [0, 0.1) is 5.82 Å². The summed E-state index contributed by atoms with van der Waals surface area (Å²) in [6.45, 7) is 1.86. The highest BCUT2D eigenvalue weighted by Gasteiger charge is 2.14. The molecule has 0 aromatic heterocycles. The van der Waals surface area contributed by atoms with Crippen molar-refractivity contribution < 1.29 is 14.0 Å². The summed E-state index contributed by atoms with van der Waals surface area (Å²) in [6.07, 6.45) is 0. The van der Waals surface area contributed by atoms with E-state index in [1.54, 1.807) is 18.2 Å². The van der Waals surface area contributed by atoms with Gasteiger partial charge in [-0.3, -0.25) is 9.59 Å². The minimum atomic E-state index is -0.342. The Kier molecular flexibility index (Phi) is 6.32. The summed E-state index contributed by atoms with van der Waals surface area (Å²) in [5.74, 6) is -0.856. The monoisotopic (exact) mass is 348 g/mol. The summed E-state index contributed by atoms with van der Waals surface area (Å²) >= 11 is 6.04. The van der Waals surface area contributed by atoms with E-state index in [2.05, 4.69) is 5.32 Å². The molecule has 0 saturated carbocycles. The number of nitrogens with zero attached hydrogens (tertiary/aromatic N) is 1. The van der Waals surface area contributed by atoms with Gasteiger partial charge in [-0.05, 0) is 29.3 Å². The maximum absolute atomic E-state index is 12.9. The molecule has 1 N–H and O–H groups in total. The third kappa shape index (κ3) is 5.35. The smallest absolute Gasteiger partial charge is 0.239 e. The minimum absolute atomic E-state index is 0.0723. The first-order valence-electron chi connectivity index (χ1n) is 7.46. The van der Waals surface area contributed by atoms with Crippen molar-refractivity contribution in [3.63, 3.8) is 0 Å². The van der Waals surface area contributed by atoms with Crippen LogP contribution in [-0.4, -0.2) is 23.3 Å². The number of halogens is 2. The van der Waals surface area contributed by atoms with E-state index in [0.29, 0.717) is 11.6 Å². The average molecular weight is 349 g/mol. The van der Waals surface area contributed by atoms with Crippen molar-refractivity contribution in [2.75, 3.05) is 6.54 Å². The maximum atomic E-state index is 12.9. The summed E-state index contributed by atoms with van der Waals surface area (Å²) in [4.78, 5) is 25.2. The Morgan fingerprint density at radius 3 is 2.42 bits per heavy atom. The van der Waals surface area contributed by atoms with Gasteiger partial charge in [0.05, 0.1) is 6.54 Å². The van der Waals surface area contributed by atoms with Crippen LogP contribution in [0.25, 0.3) is 0 Å². The van der Waals surface area contributed by atoms with Crippen LogP contribution in [0.3, 0.4) is 0 Å². The second kappa shape index (κ2) is 8.45. The van der Waals surface area contributed by atoms with Gasteiger partial charge in [0.1, 0.15) is 5.82 Å². The Labute approximate surface area is 145 Å². The van der Waals surface area contributed by atoms with Gasteiger partial charge in [-0.25, -0.2) is 4.39 Å². The molecular formula is C18H18ClFN2O2. The predicted octanol–water partition coefficient (Wildman–Crippen LogP) is 3.14. The normalized spacial score (nSPS) is 10.3. The first kappa shape index (κ1) is 17.9. The maximum Gasteiger partial charge on any atom is 0.239 e. The highest BCUT2D eigenvalue weighted by molar-refractivity contribution is 6.31. The fourth-order valence-corrected chi connectivity index (χ4v) is 2.36. The largest absolute Gasteiger partial charge is 0.350 e. The molecule has 0 aliphatic carbocycles. The lowest BCUT2D eigenvalue weighted by Crippen LogP contribution is -2.39. The summed E-state index contributed by atoms with van der Waals surface area (Å²) in [5, 5.41) is 3.32. The van der Waals surface area contributed by atoms with Crippen molar-refractivity contribution in [2.45, 2.75) is 20.0 Å². The van der Waals surface area contributed by atoms with Crippen LogP contribution in [0.1, 0.15) is 18.1 Å². The van der Waals surface area contributed by atoms with Gasteiger partial charge in [-0.15, -0.1) is 0 Å². The molecule has 0 saturated heterocycles. The molecule has 2 amide bonds. The van der Waals surface area contributed by atoms with Gasteiger partial charge in [0.2, 0.25) is 11.8 Å². The number of nitrogens with one attached hydrogen (secondary N) is 1. The Bertz CT molecular complexity index is 719. The van der Waals surface area contributed by atoms with Crippen molar-refractivity contribution in [1.29, 1.82) is 0 Å². The van der Waals surface area contributed by atoms with E-state index < -0.39 is 0 Å². The molecule has 126 valence electrons. The molecule has 4 nitrogen and oxygen atoms in total. The first-order chi connectivity index (χ1) is 11.5. The standard InChI is InChI=1S/C18H18ClFN2O2/c1-13(23)22(11-14-6-8-16(20)9-7-14)12-18(24)21-10-15-4-2-3-5-17(15)19/h2-9H,10-12H2,1H3,(H,21,24). The molecule has 24 heavy (non-hydrogen) atoms. The number of hydrogen-bond donors (Lipinski definition) is 1. The van der Waals surface area contributed by atoms with E-state index in [1.165, 1.54) is 24.0 Å². The van der Waals surface area contributed by atoms with Crippen molar-refractivity contribution in [3.8, 4) is 0 Å². The number of carbonyl (C=O) groups excluding carboxylic acids is 2. The summed E-state index contributed by atoms with van der Waals surface area (Å²) in [5.41, 5.74) is 1.56. The zero-order valence-electron chi connectivity index (χ0n) is 13.3. The van der Waals surface area contributed by atoms with Gasteiger partial charge in [-0.2, -0.15) is 0 Å². The van der Waals surface area contributed by atoms with Gasteiger partial charge in [-0.1, -0.05) is 41.9 Å². The van der Waals surface area contributed by atoms with Crippen LogP contribution < -0.4 is 5.32 Å². The Morgan fingerprint density at radius 2 is 1.79 bits per heavy atom. The third-order valence-electron chi connectivity index (χ3n) is 3.50. The van der Waals surface area contributed by atoms with E-state index in [0.717, 1.165) is 11.1 Å². The molecule has 2 aromatic rings. The second-order valence-corrected chi connectivity index (χ2v) is 5.78. The number of hydrogen-bond acceptors (Lipinski definition) is 2. The Balaban J connectivity index is 1.92. The van der Waals surface area contributed by atoms with Gasteiger partial charge in [0, 0.05) is 25.0 Å². The minimum Gasteiger partial charge on any atom is -0.350 e. The van der Waals surface area contributed by atoms with Crippen LogP contribution in [0.2, 0.25) is 5.02 Å². The van der Waals surface area contributed by atoms with Crippen molar-refractivity contribution in [2.24, 2.45) is 0 Å². The molecule has 0 aliphatic rings. The van der Waals surface area contributed by atoms with Crippen molar-refractivity contribution >= 4 is 23.4 Å². The molecule has 0 unspecified atom stereocenters. The summed E-state index contributed by atoms with van der Waals surface area (Å²) in [6, 6.07) is 13.1. The molecule has 0 atom stereocenters. The number of rotatable bonds is 6. The lowest BCUT2D eigenvalue weighted by atomic mass is 10.2. The fourth-order valence-electron chi connectivity index (χ4n) is 2.15. The SMILES string of the molecule is CC(=O)N(CC(=O)NCc1ccccc1Cl)Cc1ccc(F)cc1. The summed E-state index contributed by atoms with van der Waals surface area (Å²) in [7, 11) is 0. The van der Waals surface area contributed by atoms with E-state index in [-0.39, 0.29) is 30.7 Å². The third-order valence-corrected chi connectivity index (χ3v) is 3.87. The highest BCUT2D eigenvalue weighted by atomic mass is 35.5.